The third-order valence-corrected chi connectivity index (χ3v) is 4.98. The van der Waals surface area contributed by atoms with Crippen LogP contribution in [0.2, 0.25) is 0 Å². The van der Waals surface area contributed by atoms with Crippen molar-refractivity contribution in [2.75, 3.05) is 6.54 Å². The maximum absolute atomic E-state index is 6.15. The van der Waals surface area contributed by atoms with E-state index in [2.05, 4.69) is 20.8 Å². The molecule has 0 bridgehead atoms. The van der Waals surface area contributed by atoms with Gasteiger partial charge in [-0.15, -0.1) is 0 Å². The third-order valence-electron chi connectivity index (χ3n) is 4.98. The monoisotopic (exact) mass is 239 g/mol. The van der Waals surface area contributed by atoms with Gasteiger partial charge in [-0.25, -0.2) is 0 Å². The van der Waals surface area contributed by atoms with Crippen molar-refractivity contribution in [1.29, 1.82) is 0 Å². The molecule has 1 heterocycles. The summed E-state index contributed by atoms with van der Waals surface area (Å²) in [5.41, 5.74) is 6.56. The molecule has 0 amide bonds. The summed E-state index contributed by atoms with van der Waals surface area (Å²) >= 11 is 0. The highest BCUT2D eigenvalue weighted by Crippen LogP contribution is 2.44. The third kappa shape index (κ3) is 3.23. The molecular formula is C15H29NO. The van der Waals surface area contributed by atoms with Crippen molar-refractivity contribution in [3.8, 4) is 0 Å². The number of ether oxygens (including phenoxy) is 1. The van der Waals surface area contributed by atoms with Crippen LogP contribution in [0.3, 0.4) is 0 Å². The lowest BCUT2D eigenvalue weighted by Crippen LogP contribution is -2.38. The van der Waals surface area contributed by atoms with Gasteiger partial charge in [0, 0.05) is 0 Å². The zero-order chi connectivity index (χ0) is 12.5. The summed E-state index contributed by atoms with van der Waals surface area (Å²) in [6.45, 7) is 7.64. The Hall–Kier alpha value is -0.0800. The van der Waals surface area contributed by atoms with Gasteiger partial charge in [0.25, 0.3) is 0 Å². The summed E-state index contributed by atoms with van der Waals surface area (Å²) in [4.78, 5) is 0. The molecule has 17 heavy (non-hydrogen) atoms. The van der Waals surface area contributed by atoms with Gasteiger partial charge in [0.2, 0.25) is 0 Å². The van der Waals surface area contributed by atoms with Gasteiger partial charge in [0.1, 0.15) is 0 Å². The molecule has 2 nitrogen and oxygen atoms in total. The number of nitrogens with two attached hydrogens (primary N) is 1. The second-order valence-corrected chi connectivity index (χ2v) is 7.13. The molecular weight excluding hydrogens is 210 g/mol. The summed E-state index contributed by atoms with van der Waals surface area (Å²) in [6, 6.07) is 0. The predicted octanol–water partition coefficient (Wildman–Crippen LogP) is 3.49. The van der Waals surface area contributed by atoms with Gasteiger partial charge in [-0.05, 0) is 63.8 Å². The topological polar surface area (TPSA) is 35.2 Å². The fraction of sp³-hybridized carbons (Fsp3) is 1.00. The fourth-order valence-corrected chi connectivity index (χ4v) is 3.57. The van der Waals surface area contributed by atoms with E-state index in [0.717, 1.165) is 12.5 Å². The average molecular weight is 239 g/mol. The molecule has 0 spiro atoms. The van der Waals surface area contributed by atoms with Crippen molar-refractivity contribution in [3.05, 3.63) is 0 Å². The van der Waals surface area contributed by atoms with Crippen molar-refractivity contribution >= 4 is 0 Å². The molecule has 1 unspecified atom stereocenters. The van der Waals surface area contributed by atoms with Gasteiger partial charge in [-0.2, -0.15) is 0 Å². The smallest absolute Gasteiger partial charge is 0.0631 e. The molecule has 0 aromatic carbocycles. The van der Waals surface area contributed by atoms with Gasteiger partial charge in [0.15, 0.2) is 0 Å². The molecule has 1 aliphatic heterocycles. The fourth-order valence-electron chi connectivity index (χ4n) is 3.57. The number of rotatable bonds is 3. The largest absolute Gasteiger partial charge is 0.372 e. The minimum atomic E-state index is 0.0996. The first-order valence-electron chi connectivity index (χ1n) is 7.33. The Bertz CT molecular complexity index is 254. The molecule has 1 saturated carbocycles. The van der Waals surface area contributed by atoms with Gasteiger partial charge in [-0.1, -0.05) is 19.8 Å². The van der Waals surface area contributed by atoms with E-state index in [0.29, 0.717) is 11.5 Å². The van der Waals surface area contributed by atoms with Crippen molar-refractivity contribution in [1.82, 2.24) is 0 Å². The molecule has 2 heteroatoms. The molecule has 100 valence electrons. The van der Waals surface area contributed by atoms with Crippen molar-refractivity contribution < 1.29 is 4.74 Å². The Kier molecular flexibility index (Phi) is 3.84. The highest BCUT2D eigenvalue weighted by Gasteiger charge is 2.39. The van der Waals surface area contributed by atoms with E-state index in [-0.39, 0.29) is 5.60 Å². The molecule has 2 aliphatic rings. The Morgan fingerprint density at radius 1 is 1.12 bits per heavy atom. The standard InChI is InChI=1S/C15H29NO/c1-12-4-8-15(11-16,9-5-12)10-13-6-7-14(2,3)17-13/h12-13H,4-11,16H2,1-3H3. The van der Waals surface area contributed by atoms with Crippen LogP contribution in [0.4, 0.5) is 0 Å². The van der Waals surface area contributed by atoms with Gasteiger partial charge in [-0.3, -0.25) is 0 Å². The SMILES string of the molecule is CC1CCC(CN)(CC2CCC(C)(C)O2)CC1. The van der Waals surface area contributed by atoms with Crippen LogP contribution in [-0.2, 0) is 4.74 Å². The summed E-state index contributed by atoms with van der Waals surface area (Å²) in [7, 11) is 0. The molecule has 1 saturated heterocycles. The van der Waals surface area contributed by atoms with Gasteiger partial charge in [0.05, 0.1) is 11.7 Å². The van der Waals surface area contributed by atoms with Crippen LogP contribution in [0, 0.1) is 11.3 Å². The predicted molar refractivity (Wildman–Crippen MR) is 71.9 cm³/mol. The van der Waals surface area contributed by atoms with E-state index in [1.54, 1.807) is 0 Å². The summed E-state index contributed by atoms with van der Waals surface area (Å²) in [6.07, 6.45) is 9.41. The van der Waals surface area contributed by atoms with E-state index < -0.39 is 0 Å². The van der Waals surface area contributed by atoms with E-state index in [4.69, 9.17) is 10.5 Å². The van der Waals surface area contributed by atoms with Crippen molar-refractivity contribution in [2.24, 2.45) is 17.1 Å². The van der Waals surface area contributed by atoms with Crippen LogP contribution in [-0.4, -0.2) is 18.2 Å². The Morgan fingerprint density at radius 3 is 2.24 bits per heavy atom. The number of hydrogen-bond donors (Lipinski definition) is 1. The molecule has 0 radical (unpaired) electrons. The Labute approximate surface area is 106 Å². The lowest BCUT2D eigenvalue weighted by atomic mass is 9.68. The van der Waals surface area contributed by atoms with Crippen LogP contribution in [0.5, 0.6) is 0 Å². The Balaban J connectivity index is 1.91. The molecule has 1 atom stereocenters. The molecule has 2 rings (SSSR count). The van der Waals surface area contributed by atoms with Crippen LogP contribution in [0.1, 0.15) is 65.7 Å². The second kappa shape index (κ2) is 4.89. The highest BCUT2D eigenvalue weighted by molar-refractivity contribution is 4.91. The maximum Gasteiger partial charge on any atom is 0.0631 e. The first-order chi connectivity index (χ1) is 7.95. The average Bonchev–Trinajstić information content (AvgIpc) is 2.62. The molecule has 0 aromatic heterocycles. The summed E-state index contributed by atoms with van der Waals surface area (Å²) < 4.78 is 6.15. The normalized spacial score (nSPS) is 41.6. The van der Waals surface area contributed by atoms with Crippen molar-refractivity contribution in [2.45, 2.75) is 77.4 Å². The van der Waals surface area contributed by atoms with E-state index >= 15 is 0 Å². The van der Waals surface area contributed by atoms with E-state index in [9.17, 15) is 0 Å². The van der Waals surface area contributed by atoms with Crippen LogP contribution >= 0.6 is 0 Å². The zero-order valence-electron chi connectivity index (χ0n) is 11.8. The quantitative estimate of drug-likeness (QED) is 0.818. The maximum atomic E-state index is 6.15. The minimum absolute atomic E-state index is 0.0996. The van der Waals surface area contributed by atoms with E-state index in [1.807, 2.05) is 0 Å². The summed E-state index contributed by atoms with van der Waals surface area (Å²) in [5, 5.41) is 0. The van der Waals surface area contributed by atoms with Crippen LogP contribution in [0.25, 0.3) is 0 Å². The number of hydrogen-bond acceptors (Lipinski definition) is 2. The van der Waals surface area contributed by atoms with Gasteiger partial charge >= 0.3 is 0 Å². The lowest BCUT2D eigenvalue weighted by Gasteiger charge is -2.40. The lowest BCUT2D eigenvalue weighted by molar-refractivity contribution is -0.0414. The summed E-state index contributed by atoms with van der Waals surface area (Å²) in [5.74, 6) is 0.899. The van der Waals surface area contributed by atoms with Crippen LogP contribution < -0.4 is 5.73 Å². The van der Waals surface area contributed by atoms with Gasteiger partial charge < -0.3 is 10.5 Å². The molecule has 2 fully saturated rings. The van der Waals surface area contributed by atoms with Crippen LogP contribution in [0.15, 0.2) is 0 Å². The molecule has 0 aromatic rings. The first kappa shape index (κ1) is 13.4. The van der Waals surface area contributed by atoms with E-state index in [1.165, 1.54) is 44.9 Å². The second-order valence-electron chi connectivity index (χ2n) is 7.13. The zero-order valence-corrected chi connectivity index (χ0v) is 11.8. The molecule has 2 N–H and O–H groups in total. The Morgan fingerprint density at radius 2 is 1.76 bits per heavy atom. The minimum Gasteiger partial charge on any atom is -0.372 e. The van der Waals surface area contributed by atoms with Crippen molar-refractivity contribution in [3.63, 3.8) is 0 Å². The highest BCUT2D eigenvalue weighted by atomic mass is 16.5. The molecule has 1 aliphatic carbocycles. The first-order valence-corrected chi connectivity index (χ1v) is 7.33.